The van der Waals surface area contributed by atoms with Gasteiger partial charge in [-0.25, -0.2) is 4.39 Å². The lowest BCUT2D eigenvalue weighted by atomic mass is 10.2. The van der Waals surface area contributed by atoms with E-state index in [4.69, 9.17) is 15.9 Å². The number of aliphatic hydroxyl groups is 1. The van der Waals surface area contributed by atoms with Crippen molar-refractivity contribution in [3.8, 4) is 12.3 Å². The van der Waals surface area contributed by atoms with Gasteiger partial charge in [-0.3, -0.25) is 0 Å². The van der Waals surface area contributed by atoms with E-state index in [1.54, 1.807) is 19.2 Å². The first-order chi connectivity index (χ1) is 13.6. The fourth-order valence-corrected chi connectivity index (χ4v) is 3.21. The summed E-state index contributed by atoms with van der Waals surface area (Å²) in [6.07, 6.45) is 7.42. The Balaban J connectivity index is 2.01. The Kier molecular flexibility index (Phi) is 9.73. The molecule has 0 aliphatic heterocycles. The molecule has 1 aromatic carbocycles. The lowest BCUT2D eigenvalue weighted by Crippen LogP contribution is -3.12. The maximum atomic E-state index is 14.0. The van der Waals surface area contributed by atoms with E-state index < -0.39 is 6.10 Å². The topological polar surface area (TPSA) is 48.1 Å². The molecule has 6 heteroatoms. The van der Waals surface area contributed by atoms with Crippen molar-refractivity contribution in [3.63, 3.8) is 0 Å². The van der Waals surface area contributed by atoms with Crippen LogP contribution in [0, 0.1) is 18.2 Å². The van der Waals surface area contributed by atoms with Crippen molar-refractivity contribution < 1.29 is 23.9 Å². The van der Waals surface area contributed by atoms with Crippen molar-refractivity contribution in [1.29, 1.82) is 0 Å². The predicted octanol–water partition coefficient (Wildman–Crippen LogP) is 1.11. The minimum Gasteiger partial charge on any atom is -0.385 e. The van der Waals surface area contributed by atoms with Gasteiger partial charge in [0.2, 0.25) is 0 Å². The highest BCUT2D eigenvalue weighted by atomic mass is 19.1. The highest BCUT2D eigenvalue weighted by molar-refractivity contribution is 5.19. The quantitative estimate of drug-likeness (QED) is 0.399. The number of methoxy groups -OCH3 is 1. The summed E-state index contributed by atoms with van der Waals surface area (Å²) in [7, 11) is 1.68. The Morgan fingerprint density at radius 2 is 2.11 bits per heavy atom. The summed E-state index contributed by atoms with van der Waals surface area (Å²) in [5.41, 5.74) is 1.75. The van der Waals surface area contributed by atoms with Crippen LogP contribution in [-0.2, 0) is 22.6 Å². The summed E-state index contributed by atoms with van der Waals surface area (Å²) in [4.78, 5) is 1.21. The van der Waals surface area contributed by atoms with Gasteiger partial charge >= 0.3 is 0 Å². The van der Waals surface area contributed by atoms with Crippen molar-refractivity contribution in [1.82, 2.24) is 4.57 Å². The van der Waals surface area contributed by atoms with E-state index in [1.165, 1.54) is 11.0 Å². The van der Waals surface area contributed by atoms with E-state index in [2.05, 4.69) is 10.5 Å². The Hall–Kier alpha value is -2.17. The smallest absolute Gasteiger partial charge is 0.128 e. The number of quaternary nitrogens is 1. The van der Waals surface area contributed by atoms with Gasteiger partial charge in [0.15, 0.2) is 0 Å². The first-order valence-corrected chi connectivity index (χ1v) is 9.53. The Labute approximate surface area is 166 Å². The normalized spacial score (nSPS) is 13.2. The maximum absolute atomic E-state index is 14.0. The molecule has 0 aliphatic carbocycles. The van der Waals surface area contributed by atoms with Crippen molar-refractivity contribution >= 4 is 0 Å². The predicted molar refractivity (Wildman–Crippen MR) is 106 cm³/mol. The van der Waals surface area contributed by atoms with E-state index >= 15 is 0 Å². The van der Waals surface area contributed by atoms with Gasteiger partial charge in [0, 0.05) is 25.3 Å². The molecule has 0 saturated carbocycles. The lowest BCUT2D eigenvalue weighted by Gasteiger charge is -2.23. The molecule has 0 amide bonds. The minimum atomic E-state index is -0.596. The number of nitrogens with one attached hydrogen (secondary N) is 1. The van der Waals surface area contributed by atoms with Crippen molar-refractivity contribution in [3.05, 3.63) is 59.7 Å². The third-order valence-electron chi connectivity index (χ3n) is 4.55. The zero-order chi connectivity index (χ0) is 20.2. The number of terminal acetylenes is 1. The highest BCUT2D eigenvalue weighted by Gasteiger charge is 2.18. The molecule has 2 N–H and O–H groups in total. The molecule has 28 heavy (non-hydrogen) atoms. The van der Waals surface area contributed by atoms with Crippen LogP contribution in [0.3, 0.4) is 0 Å². The average Bonchev–Trinajstić information content (AvgIpc) is 3.10. The lowest BCUT2D eigenvalue weighted by molar-refractivity contribution is -0.917. The monoisotopic (exact) mass is 389 g/mol. The first kappa shape index (κ1) is 22.1. The van der Waals surface area contributed by atoms with E-state index in [1.807, 2.05) is 24.4 Å². The number of halogens is 1. The summed E-state index contributed by atoms with van der Waals surface area (Å²) < 4.78 is 26.5. The van der Waals surface area contributed by atoms with Crippen LogP contribution in [-0.4, -0.2) is 55.8 Å². The Morgan fingerprint density at radius 1 is 1.29 bits per heavy atom. The summed E-state index contributed by atoms with van der Waals surface area (Å²) in [5, 5.41) is 10.3. The summed E-state index contributed by atoms with van der Waals surface area (Å²) >= 11 is 0. The number of rotatable bonds is 13. The number of ether oxygens (including phenoxy) is 2. The van der Waals surface area contributed by atoms with Gasteiger partial charge in [-0.1, -0.05) is 24.1 Å². The molecular formula is C22H30FN2O3+. The van der Waals surface area contributed by atoms with Crippen LogP contribution in [0.5, 0.6) is 0 Å². The number of hydrogen-bond acceptors (Lipinski definition) is 3. The van der Waals surface area contributed by atoms with E-state index in [0.717, 1.165) is 25.2 Å². The summed E-state index contributed by atoms with van der Waals surface area (Å²) in [6, 6.07) is 10.8. The zero-order valence-electron chi connectivity index (χ0n) is 16.4. The number of benzene rings is 1. The highest BCUT2D eigenvalue weighted by Crippen LogP contribution is 2.11. The largest absolute Gasteiger partial charge is 0.385 e. The second-order valence-corrected chi connectivity index (χ2v) is 6.82. The standard InChI is InChI=1S/C22H29FN2O3/c1-3-13-28-18-21(26)17-24(11-7-14-27-2)16-20-9-6-12-25(20)15-19-8-4-5-10-22(19)23/h1,4-6,8-10,12,21,26H,7,11,13-18H2,2H3/p+1/t21-/m1/s1. The van der Waals surface area contributed by atoms with Gasteiger partial charge < -0.3 is 24.0 Å². The van der Waals surface area contributed by atoms with Gasteiger partial charge in [-0.15, -0.1) is 6.42 Å². The molecule has 2 aromatic rings. The van der Waals surface area contributed by atoms with Gasteiger partial charge in [0.05, 0.1) is 32.0 Å². The third-order valence-corrected chi connectivity index (χ3v) is 4.55. The molecule has 0 bridgehead atoms. The summed E-state index contributed by atoms with van der Waals surface area (Å²) in [6.45, 7) is 3.68. The van der Waals surface area contributed by atoms with E-state index in [9.17, 15) is 9.50 Å². The van der Waals surface area contributed by atoms with Gasteiger partial charge in [0.25, 0.3) is 0 Å². The molecule has 1 heterocycles. The van der Waals surface area contributed by atoms with Gasteiger partial charge in [0.1, 0.15) is 31.6 Å². The molecule has 0 spiro atoms. The SMILES string of the molecule is C#CCOC[C@H](O)C[NH+](CCCOC)Cc1cccn1Cc1ccccc1F. The van der Waals surface area contributed by atoms with Gasteiger partial charge in [-0.05, 0) is 18.2 Å². The molecular weight excluding hydrogens is 359 g/mol. The second kappa shape index (κ2) is 12.3. The van der Waals surface area contributed by atoms with Crippen LogP contribution >= 0.6 is 0 Å². The molecule has 0 radical (unpaired) electrons. The Bertz CT molecular complexity index is 741. The number of nitrogens with zero attached hydrogens (tertiary/aromatic N) is 1. The number of aliphatic hydroxyl groups excluding tert-OH is 1. The molecule has 1 unspecified atom stereocenters. The van der Waals surface area contributed by atoms with Crippen molar-refractivity contribution in [2.24, 2.45) is 0 Å². The fraction of sp³-hybridized carbons (Fsp3) is 0.455. The number of hydrogen-bond donors (Lipinski definition) is 2. The van der Waals surface area contributed by atoms with E-state index in [0.29, 0.717) is 25.3 Å². The van der Waals surface area contributed by atoms with Crippen LogP contribution in [0.4, 0.5) is 4.39 Å². The van der Waals surface area contributed by atoms with Crippen LogP contribution in [0.2, 0.25) is 0 Å². The van der Waals surface area contributed by atoms with Crippen LogP contribution in [0.25, 0.3) is 0 Å². The third kappa shape index (κ3) is 7.45. The summed E-state index contributed by atoms with van der Waals surface area (Å²) in [5.74, 6) is 2.20. The first-order valence-electron chi connectivity index (χ1n) is 9.53. The van der Waals surface area contributed by atoms with Crippen molar-refractivity contribution in [2.75, 3.05) is 40.0 Å². The maximum Gasteiger partial charge on any atom is 0.128 e. The van der Waals surface area contributed by atoms with Crippen LogP contribution in [0.1, 0.15) is 17.7 Å². The molecule has 0 aliphatic rings. The molecule has 0 saturated heterocycles. The minimum absolute atomic E-state index is 0.196. The molecule has 152 valence electrons. The van der Waals surface area contributed by atoms with Crippen molar-refractivity contribution in [2.45, 2.75) is 25.6 Å². The van der Waals surface area contributed by atoms with E-state index in [-0.39, 0.29) is 19.0 Å². The molecule has 2 rings (SSSR count). The zero-order valence-corrected chi connectivity index (χ0v) is 16.4. The molecule has 2 atom stereocenters. The molecule has 5 nitrogen and oxygen atoms in total. The average molecular weight is 389 g/mol. The second-order valence-electron chi connectivity index (χ2n) is 6.82. The molecule has 1 aromatic heterocycles. The Morgan fingerprint density at radius 3 is 2.86 bits per heavy atom. The van der Waals surface area contributed by atoms with Crippen LogP contribution < -0.4 is 4.90 Å². The number of aromatic nitrogens is 1. The molecule has 0 fully saturated rings. The fourth-order valence-electron chi connectivity index (χ4n) is 3.21. The van der Waals surface area contributed by atoms with Gasteiger partial charge in [-0.2, -0.15) is 0 Å². The van der Waals surface area contributed by atoms with Crippen LogP contribution in [0.15, 0.2) is 42.6 Å².